The van der Waals surface area contributed by atoms with Crippen LogP contribution in [0.5, 0.6) is 5.75 Å². The number of hydrazone groups is 4. The fraction of sp³-hybridized carbons (Fsp3) is 0.333. The molecule has 0 bridgehead atoms. The van der Waals surface area contributed by atoms with Gasteiger partial charge >= 0.3 is 12.2 Å². The largest absolute Gasteiger partial charge is 0.513 e. The van der Waals surface area contributed by atoms with Crippen molar-refractivity contribution in [3.63, 3.8) is 0 Å². The van der Waals surface area contributed by atoms with Crippen LogP contribution in [0.4, 0.5) is 15.3 Å². The third kappa shape index (κ3) is 20.3. The number of rotatable bonds is 25. The molecule has 2 aliphatic rings. The van der Waals surface area contributed by atoms with Gasteiger partial charge in [-0.05, 0) is 85.3 Å². The number of nitro groups is 1. The van der Waals surface area contributed by atoms with Gasteiger partial charge in [-0.25, -0.2) is 9.59 Å². The number of hydrogen-bond acceptors (Lipinski definition) is 24. The van der Waals surface area contributed by atoms with Crippen LogP contribution in [0.3, 0.4) is 0 Å². The zero-order valence-corrected chi connectivity index (χ0v) is 40.9. The van der Waals surface area contributed by atoms with Crippen molar-refractivity contribution in [1.82, 2.24) is 47.0 Å². The Morgan fingerprint density at radius 2 is 1.08 bits per heavy atom. The molecule has 0 aliphatic carbocycles. The maximum absolute atomic E-state index is 11.9. The smallest absolute Gasteiger partial charge is 0.450 e. The van der Waals surface area contributed by atoms with Crippen LogP contribution in [0, 0.1) is 10.1 Å². The molecular formula is C48H59N15O11. The molecule has 7 rings (SSSR count). The van der Waals surface area contributed by atoms with Crippen molar-refractivity contribution in [2.75, 3.05) is 80.2 Å². The fourth-order valence-electron chi connectivity index (χ4n) is 6.14. The molecule has 0 saturated heterocycles. The maximum Gasteiger partial charge on any atom is 0.513 e. The van der Waals surface area contributed by atoms with E-state index in [-0.39, 0.29) is 24.7 Å². The van der Waals surface area contributed by atoms with Crippen molar-refractivity contribution in [3.8, 4) is 5.75 Å². The molecule has 0 saturated carbocycles. The summed E-state index contributed by atoms with van der Waals surface area (Å²) in [5, 5.41) is 30.5. The number of nitrogens with zero attached hydrogens (tertiary/aromatic N) is 9. The molecule has 6 heterocycles. The number of ether oxygens (including phenoxy) is 7. The second-order valence-electron chi connectivity index (χ2n) is 15.0. The van der Waals surface area contributed by atoms with Gasteiger partial charge in [-0.2, -0.15) is 20.4 Å². The van der Waals surface area contributed by atoms with Gasteiger partial charge in [0.25, 0.3) is 5.69 Å². The summed E-state index contributed by atoms with van der Waals surface area (Å²) >= 11 is 0. The van der Waals surface area contributed by atoms with Crippen molar-refractivity contribution >= 4 is 41.3 Å². The SMILES string of the molecule is COCCOCCN.COCCOCCNC(=O)OCCCc1cccnc1C1=NNC(c2ccccn2)=NN1.O=C(OCCCc1cccnc1C1=NNC(c2ccccn2)=NN1)Oc1ccc([N+](=O)[O-])cc1. The van der Waals surface area contributed by atoms with Crippen LogP contribution in [-0.4, -0.2) is 141 Å². The highest BCUT2D eigenvalue weighted by Gasteiger charge is 2.18. The highest BCUT2D eigenvalue weighted by atomic mass is 16.7. The van der Waals surface area contributed by atoms with Crippen LogP contribution in [-0.2, 0) is 41.3 Å². The Morgan fingerprint density at radius 3 is 1.55 bits per heavy atom. The number of carbonyl (C=O) groups excluding carboxylic acids is 2. The Hall–Kier alpha value is -8.56. The van der Waals surface area contributed by atoms with Crippen molar-refractivity contribution in [2.45, 2.75) is 25.7 Å². The summed E-state index contributed by atoms with van der Waals surface area (Å²) < 4.78 is 35.2. The molecule has 4 aromatic heterocycles. The van der Waals surface area contributed by atoms with E-state index in [0.29, 0.717) is 125 Å². The number of nitrogens with two attached hydrogens (primary N) is 1. The lowest BCUT2D eigenvalue weighted by molar-refractivity contribution is -0.384. The molecule has 0 spiro atoms. The molecule has 26 heteroatoms. The molecule has 1 amide bonds. The topological polar surface area (TPSA) is 329 Å². The van der Waals surface area contributed by atoms with Gasteiger partial charge in [-0.3, -0.25) is 51.8 Å². The zero-order valence-electron chi connectivity index (χ0n) is 40.9. The Labute approximate surface area is 426 Å². The molecule has 0 fully saturated rings. The standard InChI is InChI=1S/C22H19N7O5.C21H27N7O4.C5H13NO2/c30-22(34-17-10-8-16(9-11-17)29(31)32)33-14-4-6-15-5-3-13-24-19(15)21-27-25-20(26-28-21)18-7-1-2-12-23-18;1-30-14-15-31-13-11-24-21(29)32-12-5-7-16-6-4-10-23-18(16)20-27-25-19(26-28-20)17-8-2-3-9-22-17;1-7-4-5-8-3-2-6/h1-3,5,7-13H,4,6,14H2,(H,25,26)(H,27,28);2-4,6,8-10H,5,7,11-15H2,1H3,(H,24,29)(H,25,26)(H,27,28);2-6H2,1H3. The van der Waals surface area contributed by atoms with E-state index in [0.717, 1.165) is 11.1 Å². The lowest BCUT2D eigenvalue weighted by Crippen LogP contribution is -2.36. The first-order chi connectivity index (χ1) is 36.3. The Bertz CT molecular complexity index is 2600. The van der Waals surface area contributed by atoms with Gasteiger partial charge in [0, 0.05) is 64.2 Å². The van der Waals surface area contributed by atoms with E-state index >= 15 is 0 Å². The molecule has 0 unspecified atom stereocenters. The van der Waals surface area contributed by atoms with E-state index in [2.05, 4.69) is 67.4 Å². The summed E-state index contributed by atoms with van der Waals surface area (Å²) in [6.45, 7) is 4.72. The third-order valence-electron chi connectivity index (χ3n) is 9.66. The van der Waals surface area contributed by atoms with Gasteiger partial charge in [-0.1, -0.05) is 24.3 Å². The van der Waals surface area contributed by atoms with E-state index in [4.69, 9.17) is 38.9 Å². The van der Waals surface area contributed by atoms with Gasteiger partial charge in [-0.15, -0.1) is 0 Å². The van der Waals surface area contributed by atoms with Crippen LogP contribution < -0.4 is 37.5 Å². The van der Waals surface area contributed by atoms with Crippen molar-refractivity contribution in [1.29, 1.82) is 0 Å². The minimum Gasteiger partial charge on any atom is -0.450 e. The van der Waals surface area contributed by atoms with E-state index < -0.39 is 17.2 Å². The number of amidine groups is 4. The molecule has 74 heavy (non-hydrogen) atoms. The van der Waals surface area contributed by atoms with E-state index in [9.17, 15) is 19.7 Å². The average Bonchev–Trinajstić information content (AvgIpc) is 3.44. The van der Waals surface area contributed by atoms with Crippen molar-refractivity contribution < 1.29 is 47.7 Å². The van der Waals surface area contributed by atoms with Crippen LogP contribution in [0.1, 0.15) is 46.7 Å². The number of non-ortho nitro benzene ring substituents is 1. The third-order valence-corrected chi connectivity index (χ3v) is 9.66. The first-order valence-electron chi connectivity index (χ1n) is 23.2. The predicted molar refractivity (Wildman–Crippen MR) is 271 cm³/mol. The van der Waals surface area contributed by atoms with Crippen LogP contribution in [0.2, 0.25) is 0 Å². The van der Waals surface area contributed by atoms with Crippen LogP contribution in [0.25, 0.3) is 0 Å². The Morgan fingerprint density at radius 1 is 0.581 bits per heavy atom. The van der Waals surface area contributed by atoms with E-state index in [1.807, 2.05) is 60.7 Å². The molecule has 26 nitrogen and oxygen atoms in total. The summed E-state index contributed by atoms with van der Waals surface area (Å²) in [5.74, 6) is 2.13. The molecule has 0 atom stereocenters. The molecular weight excluding hydrogens is 963 g/mol. The van der Waals surface area contributed by atoms with Gasteiger partial charge in [0.15, 0.2) is 23.3 Å². The van der Waals surface area contributed by atoms with Gasteiger partial charge in [0.05, 0.1) is 57.8 Å². The number of alkyl carbamates (subject to hydrolysis) is 1. The Balaban J connectivity index is 0.000000239. The maximum atomic E-state index is 11.9. The molecule has 5 aromatic rings. The molecule has 7 N–H and O–H groups in total. The van der Waals surface area contributed by atoms with Gasteiger partial charge in [0.2, 0.25) is 0 Å². The summed E-state index contributed by atoms with van der Waals surface area (Å²) in [4.78, 5) is 51.0. The number of nitro benzene ring substituents is 1. The number of aromatic nitrogens is 4. The molecule has 2 aliphatic heterocycles. The van der Waals surface area contributed by atoms with Crippen LogP contribution >= 0.6 is 0 Å². The lowest BCUT2D eigenvalue weighted by atomic mass is 10.1. The Kier molecular flexibility index (Phi) is 25.3. The fourth-order valence-corrected chi connectivity index (χ4v) is 6.14. The van der Waals surface area contributed by atoms with E-state index in [1.54, 1.807) is 39.0 Å². The number of hydrogen-bond donors (Lipinski definition) is 6. The van der Waals surface area contributed by atoms with Crippen LogP contribution in [0.15, 0.2) is 130 Å². The molecule has 392 valence electrons. The minimum absolute atomic E-state index is 0.0982. The van der Waals surface area contributed by atoms with Crippen molar-refractivity contribution in [2.24, 2.45) is 26.1 Å². The van der Waals surface area contributed by atoms with Gasteiger partial charge < -0.3 is 44.2 Å². The number of benzene rings is 1. The number of pyridine rings is 4. The summed E-state index contributed by atoms with van der Waals surface area (Å²) in [6.07, 6.45) is 7.72. The predicted octanol–water partition coefficient (Wildman–Crippen LogP) is 3.37. The number of nitrogens with one attached hydrogen (secondary N) is 5. The van der Waals surface area contributed by atoms with Crippen molar-refractivity contribution in [3.05, 3.63) is 154 Å². The van der Waals surface area contributed by atoms with E-state index in [1.165, 1.54) is 24.3 Å². The summed E-state index contributed by atoms with van der Waals surface area (Å²) in [5.41, 5.74) is 21.1. The lowest BCUT2D eigenvalue weighted by Gasteiger charge is -2.16. The number of methoxy groups -OCH3 is 2. The zero-order chi connectivity index (χ0) is 52.4. The second-order valence-corrected chi connectivity index (χ2v) is 15.0. The molecule has 0 radical (unpaired) electrons. The summed E-state index contributed by atoms with van der Waals surface area (Å²) in [6, 6.07) is 23.7. The molecule has 1 aromatic carbocycles. The highest BCUT2D eigenvalue weighted by Crippen LogP contribution is 2.18. The second kappa shape index (κ2) is 33.2. The highest BCUT2D eigenvalue weighted by molar-refractivity contribution is 6.05. The average molecular weight is 1020 g/mol. The number of aryl methyl sites for hydroxylation is 2. The first kappa shape index (κ1) is 56.4. The van der Waals surface area contributed by atoms with Gasteiger partial charge in [0.1, 0.15) is 28.5 Å². The summed E-state index contributed by atoms with van der Waals surface area (Å²) in [7, 11) is 3.25. The quantitative estimate of drug-likeness (QED) is 0.0160. The number of carbonyl (C=O) groups is 2. The minimum atomic E-state index is -0.890. The number of amides is 1. The normalized spacial score (nSPS) is 12.3. The first-order valence-corrected chi connectivity index (χ1v) is 23.2. The monoisotopic (exact) mass is 1020 g/mol.